The van der Waals surface area contributed by atoms with Crippen LogP contribution in [-0.4, -0.2) is 46.4 Å². The predicted octanol–water partition coefficient (Wildman–Crippen LogP) is 2.13. The van der Waals surface area contributed by atoms with Crippen molar-refractivity contribution in [3.05, 3.63) is 54.4 Å². The summed E-state index contributed by atoms with van der Waals surface area (Å²) in [6.07, 6.45) is 6.78. The fraction of sp³-hybridized carbons (Fsp3) is 0.444. The van der Waals surface area contributed by atoms with Crippen LogP contribution >= 0.6 is 0 Å². The normalized spacial score (nSPS) is 18.1. The van der Waals surface area contributed by atoms with Gasteiger partial charge < -0.3 is 9.64 Å². The molecule has 2 aromatic rings. The number of aryl methyl sites for hydroxylation is 1. The van der Waals surface area contributed by atoms with Gasteiger partial charge >= 0.3 is 0 Å². The van der Waals surface area contributed by atoms with E-state index in [1.807, 2.05) is 23.2 Å². The minimum absolute atomic E-state index is 0.116. The van der Waals surface area contributed by atoms with E-state index in [4.69, 9.17) is 4.74 Å². The van der Waals surface area contributed by atoms with E-state index in [1.54, 1.807) is 10.9 Å². The summed E-state index contributed by atoms with van der Waals surface area (Å²) in [5.41, 5.74) is 1.36. The molecule has 3 rings (SSSR count). The molecular weight excluding hydrogens is 290 g/mol. The second-order valence-electron chi connectivity index (χ2n) is 5.91. The molecule has 122 valence electrons. The van der Waals surface area contributed by atoms with Gasteiger partial charge in [-0.25, -0.2) is 0 Å². The summed E-state index contributed by atoms with van der Waals surface area (Å²) in [5.74, 6) is 0.116. The van der Waals surface area contributed by atoms with Crippen molar-refractivity contribution >= 4 is 5.91 Å². The first-order chi connectivity index (χ1) is 11.3. The van der Waals surface area contributed by atoms with Gasteiger partial charge in [0, 0.05) is 25.5 Å². The van der Waals surface area contributed by atoms with Crippen LogP contribution < -0.4 is 0 Å². The summed E-state index contributed by atoms with van der Waals surface area (Å²) in [4.78, 5) is 14.2. The van der Waals surface area contributed by atoms with Gasteiger partial charge in [0.05, 0.1) is 12.7 Å². The topological polar surface area (TPSA) is 47.4 Å². The minimum atomic E-state index is 0.116. The molecular formula is C18H23N3O2. The van der Waals surface area contributed by atoms with Gasteiger partial charge in [-0.3, -0.25) is 9.48 Å². The molecule has 1 aliphatic rings. The van der Waals surface area contributed by atoms with E-state index in [1.165, 1.54) is 5.56 Å². The molecule has 0 radical (unpaired) electrons. The van der Waals surface area contributed by atoms with E-state index >= 15 is 0 Å². The Labute approximate surface area is 136 Å². The number of benzene rings is 1. The van der Waals surface area contributed by atoms with E-state index in [2.05, 4.69) is 29.4 Å². The standard InChI is InChI=1S/C18H23N3O2/c22-18(15-21-11-5-10-19-21)20-12-13-23-17(14-20)9-4-8-16-6-2-1-3-7-16/h1-3,5-7,10-11,17H,4,8-9,12-15H2. The molecule has 0 bridgehead atoms. The molecule has 1 fully saturated rings. The zero-order valence-corrected chi connectivity index (χ0v) is 13.3. The zero-order valence-electron chi connectivity index (χ0n) is 13.3. The second-order valence-corrected chi connectivity index (χ2v) is 5.91. The number of nitrogens with zero attached hydrogens (tertiary/aromatic N) is 3. The Balaban J connectivity index is 1.43. The quantitative estimate of drug-likeness (QED) is 0.821. The smallest absolute Gasteiger partial charge is 0.244 e. The molecule has 5 nitrogen and oxygen atoms in total. The third kappa shape index (κ3) is 4.66. The number of hydrogen-bond donors (Lipinski definition) is 0. The van der Waals surface area contributed by atoms with Crippen LogP contribution in [0.4, 0.5) is 0 Å². The first kappa shape index (κ1) is 15.7. The second kappa shape index (κ2) is 7.92. The van der Waals surface area contributed by atoms with Crippen LogP contribution in [0.3, 0.4) is 0 Å². The van der Waals surface area contributed by atoms with Crippen molar-refractivity contribution in [3.8, 4) is 0 Å². The van der Waals surface area contributed by atoms with Crippen LogP contribution in [-0.2, 0) is 22.5 Å². The molecule has 1 aromatic heterocycles. The third-order valence-corrected chi connectivity index (χ3v) is 4.18. The Morgan fingerprint density at radius 2 is 2.13 bits per heavy atom. The van der Waals surface area contributed by atoms with Crippen molar-refractivity contribution in [2.24, 2.45) is 0 Å². The van der Waals surface area contributed by atoms with Gasteiger partial charge in [-0.2, -0.15) is 5.10 Å². The number of ether oxygens (including phenoxy) is 1. The maximum Gasteiger partial charge on any atom is 0.244 e. The monoisotopic (exact) mass is 313 g/mol. The van der Waals surface area contributed by atoms with Crippen molar-refractivity contribution in [1.82, 2.24) is 14.7 Å². The van der Waals surface area contributed by atoms with E-state index in [9.17, 15) is 4.79 Å². The Morgan fingerprint density at radius 1 is 1.26 bits per heavy atom. The minimum Gasteiger partial charge on any atom is -0.375 e. The van der Waals surface area contributed by atoms with Crippen LogP contribution in [0, 0.1) is 0 Å². The van der Waals surface area contributed by atoms with E-state index in [-0.39, 0.29) is 12.0 Å². The summed E-state index contributed by atoms with van der Waals surface area (Å²) < 4.78 is 7.48. The van der Waals surface area contributed by atoms with Crippen molar-refractivity contribution in [2.75, 3.05) is 19.7 Å². The fourth-order valence-electron chi connectivity index (χ4n) is 2.93. The van der Waals surface area contributed by atoms with Crippen LogP contribution in [0.15, 0.2) is 48.8 Å². The Kier molecular flexibility index (Phi) is 5.42. The maximum atomic E-state index is 12.3. The van der Waals surface area contributed by atoms with Gasteiger partial charge in [0.1, 0.15) is 6.54 Å². The summed E-state index contributed by atoms with van der Waals surface area (Å²) in [7, 11) is 0. The molecule has 2 heterocycles. The lowest BCUT2D eigenvalue weighted by atomic mass is 10.1. The maximum absolute atomic E-state index is 12.3. The largest absolute Gasteiger partial charge is 0.375 e. The van der Waals surface area contributed by atoms with E-state index in [0.717, 1.165) is 19.3 Å². The van der Waals surface area contributed by atoms with E-state index in [0.29, 0.717) is 26.2 Å². The number of carbonyl (C=O) groups excluding carboxylic acids is 1. The lowest BCUT2D eigenvalue weighted by molar-refractivity contribution is -0.139. The highest BCUT2D eigenvalue weighted by Crippen LogP contribution is 2.13. The molecule has 0 N–H and O–H groups in total. The van der Waals surface area contributed by atoms with Crippen molar-refractivity contribution < 1.29 is 9.53 Å². The lowest BCUT2D eigenvalue weighted by Gasteiger charge is -2.33. The Hall–Kier alpha value is -2.14. The fourth-order valence-corrected chi connectivity index (χ4v) is 2.93. The van der Waals surface area contributed by atoms with Crippen molar-refractivity contribution in [1.29, 1.82) is 0 Å². The van der Waals surface area contributed by atoms with Gasteiger partial charge in [-0.05, 0) is 30.9 Å². The SMILES string of the molecule is O=C(Cn1cccn1)N1CCOC(CCCc2ccccc2)C1. The number of hydrogen-bond acceptors (Lipinski definition) is 3. The highest BCUT2D eigenvalue weighted by atomic mass is 16.5. The average molecular weight is 313 g/mol. The van der Waals surface area contributed by atoms with Crippen molar-refractivity contribution in [3.63, 3.8) is 0 Å². The third-order valence-electron chi connectivity index (χ3n) is 4.18. The molecule has 5 heteroatoms. The number of rotatable bonds is 6. The predicted molar refractivity (Wildman–Crippen MR) is 87.9 cm³/mol. The molecule has 23 heavy (non-hydrogen) atoms. The van der Waals surface area contributed by atoms with Gasteiger partial charge in [0.2, 0.25) is 5.91 Å². The Bertz CT molecular complexity index is 598. The molecule has 0 spiro atoms. The van der Waals surface area contributed by atoms with Crippen LogP contribution in [0.5, 0.6) is 0 Å². The number of carbonyl (C=O) groups is 1. The molecule has 1 saturated heterocycles. The highest BCUT2D eigenvalue weighted by Gasteiger charge is 2.24. The zero-order chi connectivity index (χ0) is 15.9. The van der Waals surface area contributed by atoms with Gasteiger partial charge in [-0.15, -0.1) is 0 Å². The van der Waals surface area contributed by atoms with E-state index < -0.39 is 0 Å². The molecule has 1 aromatic carbocycles. The molecule has 1 unspecified atom stereocenters. The molecule has 0 saturated carbocycles. The summed E-state index contributed by atoms with van der Waals surface area (Å²) in [6, 6.07) is 12.3. The molecule has 1 aliphatic heterocycles. The highest BCUT2D eigenvalue weighted by molar-refractivity contribution is 5.76. The van der Waals surface area contributed by atoms with Gasteiger partial charge in [0.25, 0.3) is 0 Å². The average Bonchev–Trinajstić information content (AvgIpc) is 3.09. The van der Waals surface area contributed by atoms with Gasteiger partial charge in [-0.1, -0.05) is 30.3 Å². The molecule has 0 aliphatic carbocycles. The first-order valence-corrected chi connectivity index (χ1v) is 8.22. The number of aromatic nitrogens is 2. The summed E-state index contributed by atoms with van der Waals surface area (Å²) >= 11 is 0. The van der Waals surface area contributed by atoms with Crippen LogP contribution in [0.1, 0.15) is 18.4 Å². The Morgan fingerprint density at radius 3 is 2.91 bits per heavy atom. The van der Waals surface area contributed by atoms with Crippen LogP contribution in [0.25, 0.3) is 0 Å². The first-order valence-electron chi connectivity index (χ1n) is 8.22. The van der Waals surface area contributed by atoms with Gasteiger partial charge in [0.15, 0.2) is 0 Å². The van der Waals surface area contributed by atoms with Crippen LogP contribution in [0.2, 0.25) is 0 Å². The number of amides is 1. The van der Waals surface area contributed by atoms with Crippen molar-refractivity contribution in [2.45, 2.75) is 31.9 Å². The molecule has 1 atom stereocenters. The molecule has 1 amide bonds. The summed E-state index contributed by atoms with van der Waals surface area (Å²) in [5, 5.41) is 4.09. The number of morpholine rings is 1. The summed E-state index contributed by atoms with van der Waals surface area (Å²) in [6.45, 7) is 2.30. The lowest BCUT2D eigenvalue weighted by Crippen LogP contribution is -2.46.